The molecule has 0 atom stereocenters. The van der Waals surface area contributed by atoms with Crippen molar-refractivity contribution in [2.45, 2.75) is 4.90 Å². The molecule has 1 heterocycles. The Balaban J connectivity index is 1.81. The van der Waals surface area contributed by atoms with Crippen molar-refractivity contribution in [1.82, 2.24) is 0 Å². The van der Waals surface area contributed by atoms with Crippen LogP contribution in [0.1, 0.15) is 10.4 Å². The summed E-state index contributed by atoms with van der Waals surface area (Å²) in [6.07, 6.45) is 5.15. The number of ether oxygens (including phenoxy) is 1. The fourth-order valence-electron chi connectivity index (χ4n) is 3.12. The van der Waals surface area contributed by atoms with Crippen LogP contribution in [0.15, 0.2) is 53.4 Å². The summed E-state index contributed by atoms with van der Waals surface area (Å²) < 4.78 is 47.3. The van der Waals surface area contributed by atoms with Crippen molar-refractivity contribution in [2.75, 3.05) is 16.6 Å². The topological polar surface area (TPSA) is 84.5 Å². The molecule has 4 rings (SSSR count). The number of carbonyl (C=O) groups excluding carboxylic acids is 1. The second kappa shape index (κ2) is 6.55. The molecule has 1 amide bonds. The highest BCUT2D eigenvalue weighted by Gasteiger charge is 2.26. The first-order chi connectivity index (χ1) is 13.4. The summed E-state index contributed by atoms with van der Waals surface area (Å²) in [5.74, 6) is 1.34. The lowest BCUT2D eigenvalue weighted by Crippen LogP contribution is -2.14. The highest BCUT2D eigenvalue weighted by atomic mass is 32.2. The molecule has 1 aliphatic rings. The lowest BCUT2D eigenvalue weighted by molar-refractivity contribution is 0.103. The van der Waals surface area contributed by atoms with Crippen LogP contribution >= 0.6 is 0 Å². The largest absolute Gasteiger partial charge is 0.479 e. The minimum Gasteiger partial charge on any atom is -0.479 e. The van der Waals surface area contributed by atoms with Crippen LogP contribution in [-0.4, -0.2) is 20.9 Å². The molecular weight excluding hydrogens is 383 g/mol. The number of hydrogen-bond acceptors (Lipinski definition) is 4. The van der Waals surface area contributed by atoms with E-state index in [-0.39, 0.29) is 28.8 Å². The molecule has 0 radical (unpaired) electrons. The Morgan fingerprint density at radius 2 is 2.00 bits per heavy atom. The second-order valence-electron chi connectivity index (χ2n) is 6.03. The fourth-order valence-corrected chi connectivity index (χ4v) is 4.39. The number of halogens is 1. The first-order valence-corrected chi connectivity index (χ1v) is 9.65. The van der Waals surface area contributed by atoms with E-state index in [2.05, 4.69) is 16.0 Å². The number of benzene rings is 3. The van der Waals surface area contributed by atoms with Gasteiger partial charge in [0.1, 0.15) is 18.2 Å². The first kappa shape index (κ1) is 17.8. The van der Waals surface area contributed by atoms with Crippen LogP contribution in [0.25, 0.3) is 10.8 Å². The molecule has 0 spiro atoms. The number of hydrogen-bond donors (Lipinski definition) is 2. The van der Waals surface area contributed by atoms with Crippen molar-refractivity contribution in [2.24, 2.45) is 0 Å². The summed E-state index contributed by atoms with van der Waals surface area (Å²) in [5, 5.41) is 3.64. The SMILES string of the molecule is C#CCOc1cc(F)ccc1NS(=O)(=O)c1ccc2c3c(cccc13)C(=O)N2. The van der Waals surface area contributed by atoms with Gasteiger partial charge < -0.3 is 10.1 Å². The predicted molar refractivity (Wildman–Crippen MR) is 103 cm³/mol. The number of anilines is 2. The van der Waals surface area contributed by atoms with E-state index in [0.717, 1.165) is 12.1 Å². The Labute approximate surface area is 160 Å². The van der Waals surface area contributed by atoms with Crippen LogP contribution in [0.3, 0.4) is 0 Å². The highest BCUT2D eigenvalue weighted by Crippen LogP contribution is 2.37. The Morgan fingerprint density at radius 3 is 2.79 bits per heavy atom. The van der Waals surface area contributed by atoms with Crippen molar-refractivity contribution in [3.05, 3.63) is 59.9 Å². The highest BCUT2D eigenvalue weighted by molar-refractivity contribution is 7.93. The molecule has 3 aromatic carbocycles. The van der Waals surface area contributed by atoms with Crippen molar-refractivity contribution in [3.63, 3.8) is 0 Å². The zero-order valence-corrected chi connectivity index (χ0v) is 15.1. The predicted octanol–water partition coefficient (Wildman–Crippen LogP) is 3.36. The monoisotopic (exact) mass is 396 g/mol. The van der Waals surface area contributed by atoms with Gasteiger partial charge in [0.15, 0.2) is 0 Å². The zero-order valence-electron chi connectivity index (χ0n) is 14.3. The summed E-state index contributed by atoms with van der Waals surface area (Å²) in [7, 11) is -4.07. The van der Waals surface area contributed by atoms with Gasteiger partial charge in [0, 0.05) is 28.1 Å². The standard InChI is InChI=1S/C20H13FN2O4S/c1-2-10-27-17-11-12(21)6-7-15(17)23-28(25,26)18-9-8-16-19-13(18)4-3-5-14(19)20(24)22-16/h1,3-9,11,23H,10H2,(H,22,24). The van der Waals surface area contributed by atoms with Gasteiger partial charge in [-0.3, -0.25) is 9.52 Å². The summed E-state index contributed by atoms with van der Waals surface area (Å²) >= 11 is 0. The van der Waals surface area contributed by atoms with Gasteiger partial charge in [-0.1, -0.05) is 18.1 Å². The van der Waals surface area contributed by atoms with Crippen LogP contribution in [-0.2, 0) is 10.0 Å². The smallest absolute Gasteiger partial charge is 0.262 e. The first-order valence-electron chi connectivity index (χ1n) is 8.16. The number of sulfonamides is 1. The van der Waals surface area contributed by atoms with Gasteiger partial charge in [0.05, 0.1) is 10.6 Å². The summed E-state index contributed by atoms with van der Waals surface area (Å²) in [6, 6.07) is 11.2. The van der Waals surface area contributed by atoms with Crippen molar-refractivity contribution in [1.29, 1.82) is 0 Å². The molecule has 140 valence electrons. The van der Waals surface area contributed by atoms with Gasteiger partial charge in [-0.15, -0.1) is 6.42 Å². The van der Waals surface area contributed by atoms with Crippen molar-refractivity contribution in [3.8, 4) is 18.1 Å². The van der Waals surface area contributed by atoms with E-state index in [4.69, 9.17) is 11.2 Å². The molecule has 0 saturated heterocycles. The summed E-state index contributed by atoms with van der Waals surface area (Å²) in [6.45, 7) is -0.146. The van der Waals surface area contributed by atoms with Crippen LogP contribution in [0, 0.1) is 18.2 Å². The lowest BCUT2D eigenvalue weighted by atomic mass is 10.1. The van der Waals surface area contributed by atoms with E-state index in [1.165, 1.54) is 18.2 Å². The van der Waals surface area contributed by atoms with Crippen LogP contribution in [0.2, 0.25) is 0 Å². The average Bonchev–Trinajstić information content (AvgIpc) is 2.99. The Bertz CT molecular complexity index is 1280. The molecule has 2 N–H and O–H groups in total. The van der Waals surface area contributed by atoms with E-state index in [1.807, 2.05) is 0 Å². The number of terminal acetylenes is 1. The molecule has 0 unspecified atom stereocenters. The maximum atomic E-state index is 13.5. The average molecular weight is 396 g/mol. The van der Waals surface area contributed by atoms with Gasteiger partial charge in [0.2, 0.25) is 0 Å². The maximum absolute atomic E-state index is 13.5. The van der Waals surface area contributed by atoms with Gasteiger partial charge in [-0.2, -0.15) is 0 Å². The fraction of sp³-hybridized carbons (Fsp3) is 0.0500. The quantitative estimate of drug-likeness (QED) is 0.648. The van der Waals surface area contributed by atoms with E-state index >= 15 is 0 Å². The number of carbonyl (C=O) groups is 1. The van der Waals surface area contributed by atoms with Gasteiger partial charge >= 0.3 is 0 Å². The molecule has 8 heteroatoms. The zero-order chi connectivity index (χ0) is 19.9. The van der Waals surface area contributed by atoms with Crippen LogP contribution in [0.4, 0.5) is 15.8 Å². The van der Waals surface area contributed by atoms with Gasteiger partial charge in [0.25, 0.3) is 15.9 Å². The van der Waals surface area contributed by atoms with E-state index < -0.39 is 15.8 Å². The molecule has 0 saturated carbocycles. The van der Waals surface area contributed by atoms with Gasteiger partial charge in [-0.05, 0) is 30.3 Å². The molecule has 0 fully saturated rings. The normalized spacial score (nSPS) is 12.5. The molecule has 0 aromatic heterocycles. The Kier molecular flexibility index (Phi) is 4.17. The van der Waals surface area contributed by atoms with Crippen LogP contribution in [0.5, 0.6) is 5.75 Å². The molecule has 6 nitrogen and oxygen atoms in total. The number of amides is 1. The Hall–Kier alpha value is -3.57. The third kappa shape index (κ3) is 2.92. The Morgan fingerprint density at radius 1 is 1.18 bits per heavy atom. The maximum Gasteiger partial charge on any atom is 0.262 e. The summed E-state index contributed by atoms with van der Waals surface area (Å²) in [5.41, 5.74) is 1.01. The van der Waals surface area contributed by atoms with Crippen molar-refractivity contribution >= 4 is 38.1 Å². The van der Waals surface area contributed by atoms with Crippen LogP contribution < -0.4 is 14.8 Å². The third-order valence-electron chi connectivity index (χ3n) is 4.28. The molecular formula is C20H13FN2O4S. The molecule has 28 heavy (non-hydrogen) atoms. The second-order valence-corrected chi connectivity index (χ2v) is 7.68. The minimum atomic E-state index is -4.07. The lowest BCUT2D eigenvalue weighted by Gasteiger charge is -2.14. The van der Waals surface area contributed by atoms with E-state index in [0.29, 0.717) is 22.0 Å². The molecule has 0 aliphatic carbocycles. The summed E-state index contributed by atoms with van der Waals surface area (Å²) in [4.78, 5) is 12.0. The molecule has 1 aliphatic heterocycles. The molecule has 3 aromatic rings. The third-order valence-corrected chi connectivity index (χ3v) is 5.71. The van der Waals surface area contributed by atoms with Crippen molar-refractivity contribution < 1.29 is 22.3 Å². The van der Waals surface area contributed by atoms with E-state index in [9.17, 15) is 17.6 Å². The minimum absolute atomic E-state index is 0.0168. The van der Waals surface area contributed by atoms with E-state index in [1.54, 1.807) is 18.2 Å². The van der Waals surface area contributed by atoms with Gasteiger partial charge in [-0.25, -0.2) is 12.8 Å². The number of nitrogens with one attached hydrogen (secondary N) is 2. The number of rotatable bonds is 5. The molecule has 0 bridgehead atoms.